The molecule has 2 N–H and O–H groups in total. The fraction of sp³-hybridized carbons (Fsp3) is 0.250. The van der Waals surface area contributed by atoms with Gasteiger partial charge in [0.25, 0.3) is 0 Å². The number of nitrogens with two attached hydrogens (primary N) is 1. The third-order valence-corrected chi connectivity index (χ3v) is 3.75. The van der Waals surface area contributed by atoms with Crippen LogP contribution in [-0.2, 0) is 0 Å². The predicted molar refractivity (Wildman–Crippen MR) is 83.9 cm³/mol. The molecule has 0 fully saturated rings. The van der Waals surface area contributed by atoms with E-state index in [1.165, 1.54) is 11.1 Å². The summed E-state index contributed by atoms with van der Waals surface area (Å²) >= 11 is 5.92. The Morgan fingerprint density at radius 1 is 1.11 bits per heavy atom. The SMILES string of the molecule is Cc1ccc(N(C)C(C)c2ccc(Cl)cc2)c(N)c1. The quantitative estimate of drug-likeness (QED) is 0.839. The summed E-state index contributed by atoms with van der Waals surface area (Å²) in [5.74, 6) is 0. The van der Waals surface area contributed by atoms with Crippen molar-refractivity contribution in [3.63, 3.8) is 0 Å². The number of hydrogen-bond donors (Lipinski definition) is 1. The molecule has 0 aliphatic rings. The van der Waals surface area contributed by atoms with E-state index in [1.807, 2.05) is 37.3 Å². The first kappa shape index (κ1) is 13.8. The minimum absolute atomic E-state index is 0.238. The van der Waals surface area contributed by atoms with Crippen LogP contribution >= 0.6 is 11.6 Å². The average Bonchev–Trinajstić information content (AvgIpc) is 2.38. The summed E-state index contributed by atoms with van der Waals surface area (Å²) in [6, 6.07) is 14.3. The molecule has 3 heteroatoms. The Bertz CT molecular complexity index is 563. The van der Waals surface area contributed by atoms with E-state index in [9.17, 15) is 0 Å². The van der Waals surface area contributed by atoms with Crippen LogP contribution < -0.4 is 10.6 Å². The molecule has 2 aromatic carbocycles. The molecule has 19 heavy (non-hydrogen) atoms. The van der Waals surface area contributed by atoms with Crippen molar-refractivity contribution in [2.75, 3.05) is 17.7 Å². The van der Waals surface area contributed by atoms with Crippen LogP contribution in [0.4, 0.5) is 11.4 Å². The summed E-state index contributed by atoms with van der Waals surface area (Å²) in [6.07, 6.45) is 0. The second-order valence-corrected chi connectivity index (χ2v) is 5.34. The molecule has 0 bridgehead atoms. The summed E-state index contributed by atoms with van der Waals surface area (Å²) in [5, 5.41) is 0.758. The molecule has 2 aromatic rings. The topological polar surface area (TPSA) is 29.3 Å². The Balaban J connectivity index is 2.27. The molecule has 2 rings (SSSR count). The molecule has 0 radical (unpaired) electrons. The highest BCUT2D eigenvalue weighted by molar-refractivity contribution is 6.30. The van der Waals surface area contributed by atoms with Gasteiger partial charge in [0.05, 0.1) is 17.4 Å². The average molecular weight is 275 g/mol. The minimum Gasteiger partial charge on any atom is -0.397 e. The van der Waals surface area contributed by atoms with Crippen LogP contribution in [0.5, 0.6) is 0 Å². The van der Waals surface area contributed by atoms with E-state index in [4.69, 9.17) is 17.3 Å². The van der Waals surface area contributed by atoms with Crippen LogP contribution in [0.2, 0.25) is 5.02 Å². The van der Waals surface area contributed by atoms with Gasteiger partial charge in [0.2, 0.25) is 0 Å². The van der Waals surface area contributed by atoms with Crippen LogP contribution in [0.15, 0.2) is 42.5 Å². The van der Waals surface area contributed by atoms with E-state index in [0.29, 0.717) is 0 Å². The van der Waals surface area contributed by atoms with Crippen LogP contribution in [0.25, 0.3) is 0 Å². The maximum Gasteiger partial charge on any atom is 0.0602 e. The maximum absolute atomic E-state index is 6.10. The zero-order chi connectivity index (χ0) is 14.0. The van der Waals surface area contributed by atoms with Crippen molar-refractivity contribution in [1.82, 2.24) is 0 Å². The Kier molecular flexibility index (Phi) is 4.01. The number of aryl methyl sites for hydroxylation is 1. The monoisotopic (exact) mass is 274 g/mol. The van der Waals surface area contributed by atoms with E-state index in [0.717, 1.165) is 16.4 Å². The molecule has 0 spiro atoms. The number of hydrogen-bond acceptors (Lipinski definition) is 2. The lowest BCUT2D eigenvalue weighted by molar-refractivity contribution is 0.741. The van der Waals surface area contributed by atoms with E-state index < -0.39 is 0 Å². The molecule has 2 nitrogen and oxygen atoms in total. The summed E-state index contributed by atoms with van der Waals surface area (Å²) < 4.78 is 0. The summed E-state index contributed by atoms with van der Waals surface area (Å²) in [5.41, 5.74) is 10.3. The van der Waals surface area contributed by atoms with Crippen LogP contribution in [0, 0.1) is 6.92 Å². The molecule has 0 saturated heterocycles. The third-order valence-electron chi connectivity index (χ3n) is 3.50. The molecule has 1 atom stereocenters. The normalized spacial score (nSPS) is 12.2. The van der Waals surface area contributed by atoms with Crippen LogP contribution in [-0.4, -0.2) is 7.05 Å². The van der Waals surface area contributed by atoms with Crippen molar-refractivity contribution in [1.29, 1.82) is 0 Å². The first-order valence-corrected chi connectivity index (χ1v) is 6.71. The molecular weight excluding hydrogens is 256 g/mol. The molecule has 0 saturated carbocycles. The van der Waals surface area contributed by atoms with E-state index in [2.05, 4.69) is 31.0 Å². The van der Waals surface area contributed by atoms with Crippen molar-refractivity contribution < 1.29 is 0 Å². The first-order chi connectivity index (χ1) is 8.99. The van der Waals surface area contributed by atoms with Gasteiger partial charge in [-0.05, 0) is 49.2 Å². The van der Waals surface area contributed by atoms with Crippen molar-refractivity contribution in [2.45, 2.75) is 19.9 Å². The standard InChI is InChI=1S/C16H19ClN2/c1-11-4-9-16(15(18)10-11)19(3)12(2)13-5-7-14(17)8-6-13/h4-10,12H,18H2,1-3H3. The van der Waals surface area contributed by atoms with E-state index in [-0.39, 0.29) is 6.04 Å². The summed E-state index contributed by atoms with van der Waals surface area (Å²) in [6.45, 7) is 4.20. The second kappa shape index (κ2) is 5.54. The Morgan fingerprint density at radius 2 is 1.74 bits per heavy atom. The highest BCUT2D eigenvalue weighted by Gasteiger charge is 2.14. The van der Waals surface area contributed by atoms with Gasteiger partial charge in [-0.1, -0.05) is 29.8 Å². The van der Waals surface area contributed by atoms with Gasteiger partial charge in [0.15, 0.2) is 0 Å². The van der Waals surface area contributed by atoms with Gasteiger partial charge in [-0.15, -0.1) is 0 Å². The molecule has 1 unspecified atom stereocenters. The number of benzene rings is 2. The molecule has 0 amide bonds. The lowest BCUT2D eigenvalue weighted by Gasteiger charge is -2.28. The Morgan fingerprint density at radius 3 is 2.32 bits per heavy atom. The smallest absolute Gasteiger partial charge is 0.0602 e. The van der Waals surface area contributed by atoms with Crippen molar-refractivity contribution in [2.24, 2.45) is 0 Å². The van der Waals surface area contributed by atoms with Crippen molar-refractivity contribution in [3.05, 3.63) is 58.6 Å². The zero-order valence-electron chi connectivity index (χ0n) is 11.5. The molecule has 100 valence electrons. The third kappa shape index (κ3) is 3.02. The van der Waals surface area contributed by atoms with Crippen LogP contribution in [0.1, 0.15) is 24.1 Å². The molecule has 0 aromatic heterocycles. The number of nitrogen functional groups attached to an aromatic ring is 1. The summed E-state index contributed by atoms with van der Waals surface area (Å²) in [7, 11) is 2.06. The largest absolute Gasteiger partial charge is 0.397 e. The van der Waals surface area contributed by atoms with Crippen molar-refractivity contribution >= 4 is 23.0 Å². The maximum atomic E-state index is 6.10. The fourth-order valence-electron chi connectivity index (χ4n) is 2.17. The van der Waals surface area contributed by atoms with Gasteiger partial charge in [-0.3, -0.25) is 0 Å². The molecule has 0 aliphatic carbocycles. The molecule has 0 aliphatic heterocycles. The molecule has 0 heterocycles. The first-order valence-electron chi connectivity index (χ1n) is 6.33. The fourth-order valence-corrected chi connectivity index (χ4v) is 2.29. The van der Waals surface area contributed by atoms with Crippen LogP contribution in [0.3, 0.4) is 0 Å². The van der Waals surface area contributed by atoms with Gasteiger partial charge in [0.1, 0.15) is 0 Å². The van der Waals surface area contributed by atoms with Crippen molar-refractivity contribution in [3.8, 4) is 0 Å². The Labute approximate surface area is 119 Å². The minimum atomic E-state index is 0.238. The summed E-state index contributed by atoms with van der Waals surface area (Å²) in [4.78, 5) is 2.18. The predicted octanol–water partition coefficient (Wildman–Crippen LogP) is 4.43. The lowest BCUT2D eigenvalue weighted by atomic mass is 10.1. The van der Waals surface area contributed by atoms with Gasteiger partial charge in [0, 0.05) is 12.1 Å². The van der Waals surface area contributed by atoms with Gasteiger partial charge in [-0.25, -0.2) is 0 Å². The lowest BCUT2D eigenvalue weighted by Crippen LogP contribution is -2.22. The second-order valence-electron chi connectivity index (χ2n) is 4.90. The highest BCUT2D eigenvalue weighted by atomic mass is 35.5. The van der Waals surface area contributed by atoms with E-state index in [1.54, 1.807) is 0 Å². The van der Waals surface area contributed by atoms with Gasteiger partial charge >= 0.3 is 0 Å². The Hall–Kier alpha value is -1.67. The highest BCUT2D eigenvalue weighted by Crippen LogP contribution is 2.30. The number of rotatable bonds is 3. The number of anilines is 2. The van der Waals surface area contributed by atoms with Gasteiger partial charge in [-0.2, -0.15) is 0 Å². The van der Waals surface area contributed by atoms with Gasteiger partial charge < -0.3 is 10.6 Å². The number of halogens is 1. The number of nitrogens with zero attached hydrogens (tertiary/aromatic N) is 1. The zero-order valence-corrected chi connectivity index (χ0v) is 12.3. The molecular formula is C16H19ClN2. The van der Waals surface area contributed by atoms with E-state index >= 15 is 0 Å².